The molecule has 0 saturated carbocycles. The molecule has 4 nitrogen and oxygen atoms in total. The molecule has 1 heterocycles. The van der Waals surface area contributed by atoms with Gasteiger partial charge in [0.2, 0.25) is 0 Å². The third-order valence-corrected chi connectivity index (χ3v) is 8.03. The molecule has 0 spiro atoms. The van der Waals surface area contributed by atoms with Crippen molar-refractivity contribution in [2.75, 3.05) is 33.4 Å². The highest BCUT2D eigenvalue weighted by Crippen LogP contribution is 2.26. The molecular formula is C16H26N2O2Si. The van der Waals surface area contributed by atoms with Crippen LogP contribution in [0.25, 0.3) is 0 Å². The summed E-state index contributed by atoms with van der Waals surface area (Å²) in [6, 6.07) is 9.22. The van der Waals surface area contributed by atoms with Gasteiger partial charge < -0.3 is 13.7 Å². The van der Waals surface area contributed by atoms with Crippen LogP contribution < -0.4 is 4.74 Å². The zero-order valence-electron chi connectivity index (χ0n) is 13.3. The Morgan fingerprint density at radius 2 is 2.10 bits per heavy atom. The molecule has 0 N–H and O–H groups in total. The van der Waals surface area contributed by atoms with Crippen molar-refractivity contribution in [1.29, 1.82) is 0 Å². The van der Waals surface area contributed by atoms with Crippen molar-refractivity contribution in [3.63, 3.8) is 0 Å². The zero-order chi connectivity index (χ0) is 15.1. The molecule has 1 fully saturated rings. The maximum atomic E-state index is 6.04. The Morgan fingerprint density at radius 3 is 2.76 bits per heavy atom. The van der Waals surface area contributed by atoms with Crippen LogP contribution in [0.1, 0.15) is 18.9 Å². The van der Waals surface area contributed by atoms with Crippen molar-refractivity contribution in [2.24, 2.45) is 4.99 Å². The number of rotatable bonds is 7. The van der Waals surface area contributed by atoms with Crippen molar-refractivity contribution in [2.45, 2.75) is 25.9 Å². The molecule has 116 valence electrons. The maximum Gasteiger partial charge on any atom is 0.268 e. The fourth-order valence-corrected chi connectivity index (χ4v) is 6.14. The molecule has 1 aliphatic heterocycles. The van der Waals surface area contributed by atoms with Crippen molar-refractivity contribution in [1.82, 2.24) is 4.57 Å². The third-order valence-electron chi connectivity index (χ3n) is 4.05. The van der Waals surface area contributed by atoms with Gasteiger partial charge in [0.25, 0.3) is 8.48 Å². The van der Waals surface area contributed by atoms with Gasteiger partial charge in [0.05, 0.1) is 13.7 Å². The molecule has 1 unspecified atom stereocenters. The highest BCUT2D eigenvalue weighted by molar-refractivity contribution is 6.70. The van der Waals surface area contributed by atoms with E-state index in [2.05, 4.69) is 23.0 Å². The number of aliphatic imine (C=N–C) groups is 1. The Bertz CT molecular complexity index is 464. The number of ether oxygens (including phenoxy) is 1. The molecule has 21 heavy (non-hydrogen) atoms. The van der Waals surface area contributed by atoms with Crippen LogP contribution in [0, 0.1) is 0 Å². The number of benzene rings is 1. The van der Waals surface area contributed by atoms with E-state index in [0.29, 0.717) is 0 Å². The fourth-order valence-electron chi connectivity index (χ4n) is 2.85. The van der Waals surface area contributed by atoms with Crippen LogP contribution >= 0.6 is 0 Å². The van der Waals surface area contributed by atoms with E-state index < -0.39 is 8.48 Å². The lowest BCUT2D eigenvalue weighted by Crippen LogP contribution is -2.49. The molecule has 1 atom stereocenters. The average Bonchev–Trinajstić information content (AvgIpc) is 2.85. The van der Waals surface area contributed by atoms with Crippen LogP contribution in [0.3, 0.4) is 0 Å². The van der Waals surface area contributed by atoms with E-state index in [1.165, 1.54) is 19.0 Å². The summed E-state index contributed by atoms with van der Waals surface area (Å²) in [7, 11) is 0.0646. The van der Waals surface area contributed by atoms with Gasteiger partial charge in [0.15, 0.2) is 0 Å². The van der Waals surface area contributed by atoms with Gasteiger partial charge in [-0.1, -0.05) is 0 Å². The van der Waals surface area contributed by atoms with E-state index in [1.807, 2.05) is 30.5 Å². The van der Waals surface area contributed by atoms with Crippen molar-refractivity contribution in [3.05, 3.63) is 29.8 Å². The second-order valence-electron chi connectivity index (χ2n) is 5.51. The highest BCUT2D eigenvalue weighted by atomic mass is 28.4. The van der Waals surface area contributed by atoms with Crippen LogP contribution in [0.2, 0.25) is 12.6 Å². The number of nitrogens with zero attached hydrogens (tertiary/aromatic N) is 2. The number of hydrogen-bond acceptors (Lipinski definition) is 4. The first-order valence-corrected chi connectivity index (χ1v) is 10.3. The monoisotopic (exact) mass is 306 g/mol. The summed E-state index contributed by atoms with van der Waals surface area (Å²) in [6.07, 6.45) is 3.21. The van der Waals surface area contributed by atoms with Crippen LogP contribution in [0.5, 0.6) is 5.75 Å². The van der Waals surface area contributed by atoms with E-state index in [1.54, 1.807) is 7.11 Å². The van der Waals surface area contributed by atoms with Crippen LogP contribution in [-0.2, 0) is 4.43 Å². The lowest BCUT2D eigenvalue weighted by Gasteiger charge is -2.31. The molecule has 1 aromatic carbocycles. The molecule has 0 bridgehead atoms. The summed E-state index contributed by atoms with van der Waals surface area (Å²) in [4.78, 5) is 4.55. The van der Waals surface area contributed by atoms with Crippen LogP contribution in [-0.4, -0.2) is 52.6 Å². The SMILES string of the molecule is CCO[Si]1(C)CCCN1CCN=Cc1ccc(OC)cc1. The predicted octanol–water partition coefficient (Wildman–Crippen LogP) is 2.93. The van der Waals surface area contributed by atoms with Gasteiger partial charge in [-0.25, -0.2) is 0 Å². The molecule has 1 aliphatic rings. The minimum absolute atomic E-state index is 0.828. The Morgan fingerprint density at radius 1 is 1.33 bits per heavy atom. The number of methoxy groups -OCH3 is 1. The molecule has 5 heteroatoms. The molecule has 2 rings (SSSR count). The minimum atomic E-state index is -1.61. The second-order valence-corrected chi connectivity index (χ2v) is 9.28. The van der Waals surface area contributed by atoms with E-state index in [0.717, 1.165) is 31.0 Å². The van der Waals surface area contributed by atoms with Gasteiger partial charge in [0, 0.05) is 19.4 Å². The predicted molar refractivity (Wildman–Crippen MR) is 89.7 cm³/mol. The van der Waals surface area contributed by atoms with Crippen molar-refractivity contribution in [3.8, 4) is 5.75 Å². The normalized spacial score (nSPS) is 23.0. The molecule has 0 radical (unpaired) electrons. The first kappa shape index (κ1) is 16.2. The van der Waals surface area contributed by atoms with Crippen molar-refractivity contribution >= 4 is 14.7 Å². The summed E-state index contributed by atoms with van der Waals surface area (Å²) in [5.74, 6) is 0.877. The molecular weight excluding hydrogens is 280 g/mol. The van der Waals surface area contributed by atoms with Gasteiger partial charge in [-0.3, -0.25) is 4.99 Å². The summed E-state index contributed by atoms with van der Waals surface area (Å²) in [5.41, 5.74) is 1.11. The number of hydrogen-bond donors (Lipinski definition) is 0. The largest absolute Gasteiger partial charge is 0.497 e. The Hall–Kier alpha value is -1.17. The fraction of sp³-hybridized carbons (Fsp3) is 0.562. The summed E-state index contributed by atoms with van der Waals surface area (Å²) in [6.45, 7) is 8.26. The van der Waals surface area contributed by atoms with E-state index in [-0.39, 0.29) is 0 Å². The van der Waals surface area contributed by atoms with Gasteiger partial charge in [-0.15, -0.1) is 0 Å². The summed E-state index contributed by atoms with van der Waals surface area (Å²) >= 11 is 0. The first-order valence-electron chi connectivity index (χ1n) is 7.71. The highest BCUT2D eigenvalue weighted by Gasteiger charge is 2.40. The van der Waals surface area contributed by atoms with E-state index >= 15 is 0 Å². The Labute approximate surface area is 129 Å². The Kier molecular flexibility index (Phi) is 5.96. The molecule has 0 aliphatic carbocycles. The quantitative estimate of drug-likeness (QED) is 0.574. The zero-order valence-corrected chi connectivity index (χ0v) is 14.3. The topological polar surface area (TPSA) is 34.1 Å². The lowest BCUT2D eigenvalue weighted by atomic mass is 10.2. The second kappa shape index (κ2) is 7.73. The Balaban J connectivity index is 1.81. The third kappa shape index (κ3) is 4.39. The van der Waals surface area contributed by atoms with Crippen LogP contribution in [0.15, 0.2) is 29.3 Å². The minimum Gasteiger partial charge on any atom is -0.497 e. The van der Waals surface area contributed by atoms with Crippen molar-refractivity contribution < 1.29 is 9.16 Å². The van der Waals surface area contributed by atoms with Crippen LogP contribution in [0.4, 0.5) is 0 Å². The van der Waals surface area contributed by atoms with Gasteiger partial charge in [-0.2, -0.15) is 0 Å². The average molecular weight is 306 g/mol. The molecule has 1 aromatic rings. The first-order chi connectivity index (χ1) is 10.2. The standard InChI is InChI=1S/C16H26N2O2Si/c1-4-20-21(3)13-5-11-18(21)12-10-17-14-15-6-8-16(19-2)9-7-15/h6-9,14H,4-5,10-13H2,1-3H3. The van der Waals surface area contributed by atoms with E-state index in [4.69, 9.17) is 9.16 Å². The smallest absolute Gasteiger partial charge is 0.268 e. The summed E-state index contributed by atoms with van der Waals surface area (Å²) in [5, 5.41) is 0. The van der Waals surface area contributed by atoms with E-state index in [9.17, 15) is 0 Å². The summed E-state index contributed by atoms with van der Waals surface area (Å²) < 4.78 is 13.7. The van der Waals surface area contributed by atoms with Gasteiger partial charge in [-0.05, 0) is 62.3 Å². The molecule has 0 aromatic heterocycles. The molecule has 0 amide bonds. The van der Waals surface area contributed by atoms with Gasteiger partial charge >= 0.3 is 0 Å². The maximum absolute atomic E-state index is 6.04. The molecule has 1 saturated heterocycles. The lowest BCUT2D eigenvalue weighted by molar-refractivity contribution is 0.272. The van der Waals surface area contributed by atoms with Gasteiger partial charge in [0.1, 0.15) is 5.75 Å².